The van der Waals surface area contributed by atoms with E-state index in [-0.39, 0.29) is 18.2 Å². The van der Waals surface area contributed by atoms with Crippen LogP contribution in [-0.4, -0.2) is 17.5 Å². The lowest BCUT2D eigenvalue weighted by Crippen LogP contribution is -2.00. The molecule has 2 aromatic rings. The maximum Gasteiger partial charge on any atom is 0.168 e. The Balaban J connectivity index is 0.00000112. The maximum absolute atomic E-state index is 12.9. The molecule has 0 radical (unpaired) electrons. The molecule has 2 N–H and O–H groups in total. The van der Waals surface area contributed by atoms with Crippen molar-refractivity contribution in [3.63, 3.8) is 0 Å². The van der Waals surface area contributed by atoms with Gasteiger partial charge in [0.1, 0.15) is 10.8 Å². The number of nitrogens with two attached hydrogens (primary N) is 1. The predicted octanol–water partition coefficient (Wildman–Crippen LogP) is 2.44. The minimum Gasteiger partial charge on any atom is -0.355 e. The molecule has 0 aliphatic heterocycles. The van der Waals surface area contributed by atoms with Crippen molar-refractivity contribution in [2.75, 3.05) is 12.3 Å². The molecule has 0 aliphatic carbocycles. The van der Waals surface area contributed by atoms with E-state index in [1.807, 2.05) is 0 Å². The molecule has 2 rings (SSSR count). The van der Waals surface area contributed by atoms with Gasteiger partial charge < -0.3 is 10.3 Å². The standard InChI is InChI=1S/C9H9FN2OS.ClH/c10-6-1-2-8-7(5-6)9(12-13-8)14-4-3-11;/h1-2,5H,3-4,11H2;1H. The van der Waals surface area contributed by atoms with Gasteiger partial charge in [0, 0.05) is 12.3 Å². The highest BCUT2D eigenvalue weighted by molar-refractivity contribution is 7.99. The van der Waals surface area contributed by atoms with E-state index < -0.39 is 0 Å². The SMILES string of the molecule is Cl.NCCSc1noc2ccc(F)cc12. The molecule has 0 bridgehead atoms. The van der Waals surface area contributed by atoms with Crippen LogP contribution < -0.4 is 5.73 Å². The van der Waals surface area contributed by atoms with Crippen LogP contribution in [0.1, 0.15) is 0 Å². The van der Waals surface area contributed by atoms with Gasteiger partial charge >= 0.3 is 0 Å². The third-order valence-electron chi connectivity index (χ3n) is 1.76. The Morgan fingerprint density at radius 1 is 1.47 bits per heavy atom. The van der Waals surface area contributed by atoms with Crippen LogP contribution in [0, 0.1) is 5.82 Å². The van der Waals surface area contributed by atoms with Crippen LogP contribution in [0.2, 0.25) is 0 Å². The molecule has 1 aromatic heterocycles. The molecule has 1 aromatic carbocycles. The lowest BCUT2D eigenvalue weighted by molar-refractivity contribution is 0.437. The second-order valence-corrected chi connectivity index (χ2v) is 3.85. The molecule has 0 amide bonds. The number of hydrogen-bond donors (Lipinski definition) is 1. The molecule has 0 saturated carbocycles. The van der Waals surface area contributed by atoms with Gasteiger partial charge in [-0.3, -0.25) is 0 Å². The van der Waals surface area contributed by atoms with Crippen LogP contribution in [0.15, 0.2) is 27.7 Å². The minimum atomic E-state index is -0.282. The summed E-state index contributed by atoms with van der Waals surface area (Å²) in [6.07, 6.45) is 0. The number of thioether (sulfide) groups is 1. The Morgan fingerprint density at radius 3 is 3.00 bits per heavy atom. The molecule has 82 valence electrons. The van der Waals surface area contributed by atoms with Crippen molar-refractivity contribution < 1.29 is 8.91 Å². The largest absolute Gasteiger partial charge is 0.355 e. The number of fused-ring (bicyclic) bond motifs is 1. The van der Waals surface area contributed by atoms with Gasteiger partial charge in [0.2, 0.25) is 0 Å². The zero-order valence-corrected chi connectivity index (χ0v) is 9.41. The van der Waals surface area contributed by atoms with Crippen LogP contribution in [0.4, 0.5) is 4.39 Å². The van der Waals surface area contributed by atoms with E-state index in [1.165, 1.54) is 23.9 Å². The average Bonchev–Trinajstić information content (AvgIpc) is 2.57. The monoisotopic (exact) mass is 248 g/mol. The van der Waals surface area contributed by atoms with Crippen LogP contribution >= 0.6 is 24.2 Å². The number of nitrogens with zero attached hydrogens (tertiary/aromatic N) is 1. The second-order valence-electron chi connectivity index (χ2n) is 2.77. The Hall–Kier alpha value is -0.780. The number of hydrogen-bond acceptors (Lipinski definition) is 4. The molecule has 0 spiro atoms. The molecule has 0 fully saturated rings. The van der Waals surface area contributed by atoms with E-state index in [2.05, 4.69) is 5.16 Å². The molecule has 0 saturated heterocycles. The number of aromatic nitrogens is 1. The Bertz CT molecular complexity index is 449. The molecule has 1 heterocycles. The summed E-state index contributed by atoms with van der Waals surface area (Å²) < 4.78 is 17.9. The lowest BCUT2D eigenvalue weighted by Gasteiger charge is -1.93. The van der Waals surface area contributed by atoms with Gasteiger partial charge in [-0.2, -0.15) is 0 Å². The van der Waals surface area contributed by atoms with Gasteiger partial charge in [-0.05, 0) is 18.2 Å². The second kappa shape index (κ2) is 5.34. The summed E-state index contributed by atoms with van der Waals surface area (Å²) in [5.41, 5.74) is 5.97. The third kappa shape index (κ3) is 2.62. The lowest BCUT2D eigenvalue weighted by atomic mass is 10.3. The first-order chi connectivity index (χ1) is 6.81. The molecule has 3 nitrogen and oxygen atoms in total. The van der Waals surface area contributed by atoms with E-state index in [1.54, 1.807) is 6.07 Å². The van der Waals surface area contributed by atoms with Crippen molar-refractivity contribution in [3.05, 3.63) is 24.0 Å². The summed E-state index contributed by atoms with van der Waals surface area (Å²) in [6.45, 7) is 0.564. The van der Waals surface area contributed by atoms with Crippen molar-refractivity contribution in [1.29, 1.82) is 0 Å². The van der Waals surface area contributed by atoms with Gasteiger partial charge in [0.15, 0.2) is 5.58 Å². The first-order valence-corrected chi connectivity index (χ1v) is 5.17. The molecular formula is C9H10ClFN2OS. The topological polar surface area (TPSA) is 52.0 Å². The van der Waals surface area contributed by atoms with Crippen molar-refractivity contribution >= 4 is 35.1 Å². The van der Waals surface area contributed by atoms with E-state index in [4.69, 9.17) is 10.3 Å². The molecule has 15 heavy (non-hydrogen) atoms. The zero-order chi connectivity index (χ0) is 9.97. The predicted molar refractivity (Wildman–Crippen MR) is 61.0 cm³/mol. The summed E-state index contributed by atoms with van der Waals surface area (Å²) >= 11 is 1.47. The highest BCUT2D eigenvalue weighted by Gasteiger charge is 2.08. The molecule has 6 heteroatoms. The summed E-state index contributed by atoms with van der Waals surface area (Å²) in [4.78, 5) is 0. The van der Waals surface area contributed by atoms with Crippen molar-refractivity contribution in [1.82, 2.24) is 5.16 Å². The average molecular weight is 249 g/mol. The van der Waals surface area contributed by atoms with Crippen LogP contribution in [-0.2, 0) is 0 Å². The quantitative estimate of drug-likeness (QED) is 0.848. The van der Waals surface area contributed by atoms with Crippen LogP contribution in [0.5, 0.6) is 0 Å². The molecule has 0 aliphatic rings. The van der Waals surface area contributed by atoms with Crippen LogP contribution in [0.3, 0.4) is 0 Å². The number of halogens is 2. The van der Waals surface area contributed by atoms with E-state index in [0.717, 1.165) is 5.75 Å². The van der Waals surface area contributed by atoms with Gasteiger partial charge in [-0.15, -0.1) is 24.2 Å². The fraction of sp³-hybridized carbons (Fsp3) is 0.222. The van der Waals surface area contributed by atoms with Crippen molar-refractivity contribution in [3.8, 4) is 0 Å². The number of benzene rings is 1. The van der Waals surface area contributed by atoms with E-state index in [9.17, 15) is 4.39 Å². The molecule has 0 unspecified atom stereocenters. The zero-order valence-electron chi connectivity index (χ0n) is 7.77. The van der Waals surface area contributed by atoms with Gasteiger partial charge in [-0.25, -0.2) is 4.39 Å². The normalized spacial score (nSPS) is 10.3. The fourth-order valence-electron chi connectivity index (χ4n) is 1.15. The Kier molecular flexibility index (Phi) is 4.38. The maximum atomic E-state index is 12.9. The fourth-order valence-corrected chi connectivity index (χ4v) is 1.86. The minimum absolute atomic E-state index is 0. The molecule has 0 atom stereocenters. The summed E-state index contributed by atoms with van der Waals surface area (Å²) in [5.74, 6) is 0.466. The third-order valence-corrected chi connectivity index (χ3v) is 2.76. The van der Waals surface area contributed by atoms with Crippen LogP contribution in [0.25, 0.3) is 11.0 Å². The first-order valence-electron chi connectivity index (χ1n) is 4.19. The van der Waals surface area contributed by atoms with E-state index in [0.29, 0.717) is 22.5 Å². The van der Waals surface area contributed by atoms with E-state index >= 15 is 0 Å². The van der Waals surface area contributed by atoms with Crippen molar-refractivity contribution in [2.45, 2.75) is 5.03 Å². The highest BCUT2D eigenvalue weighted by atomic mass is 35.5. The van der Waals surface area contributed by atoms with Crippen molar-refractivity contribution in [2.24, 2.45) is 5.73 Å². The summed E-state index contributed by atoms with van der Waals surface area (Å²) in [7, 11) is 0. The highest BCUT2D eigenvalue weighted by Crippen LogP contribution is 2.27. The Labute approximate surface area is 96.6 Å². The smallest absolute Gasteiger partial charge is 0.168 e. The van der Waals surface area contributed by atoms with Gasteiger partial charge in [0.05, 0.1) is 5.39 Å². The Morgan fingerprint density at radius 2 is 2.27 bits per heavy atom. The van der Waals surface area contributed by atoms with Gasteiger partial charge in [-0.1, -0.05) is 5.16 Å². The first kappa shape index (κ1) is 12.3. The summed E-state index contributed by atoms with van der Waals surface area (Å²) in [5, 5.41) is 5.25. The summed E-state index contributed by atoms with van der Waals surface area (Å²) in [6, 6.07) is 4.35. The molecular weight excluding hydrogens is 239 g/mol. The number of rotatable bonds is 3. The van der Waals surface area contributed by atoms with Gasteiger partial charge in [0.25, 0.3) is 0 Å².